The number of carboxylic acids is 1. The lowest BCUT2D eigenvalue weighted by atomic mass is 10.0. The van der Waals surface area contributed by atoms with Gasteiger partial charge in [-0.1, -0.05) is 0 Å². The number of urea groups is 1. The van der Waals surface area contributed by atoms with Crippen LogP contribution in [-0.4, -0.2) is 71.2 Å². The van der Waals surface area contributed by atoms with E-state index < -0.39 is 11.9 Å². The molecule has 0 bridgehead atoms. The molecule has 3 amide bonds. The summed E-state index contributed by atoms with van der Waals surface area (Å²) in [5.41, 5.74) is 0. The van der Waals surface area contributed by atoms with Gasteiger partial charge in [0.05, 0.1) is 5.92 Å². The minimum Gasteiger partial charge on any atom is -0.481 e. The summed E-state index contributed by atoms with van der Waals surface area (Å²) in [5, 5.41) is 11.5. The highest BCUT2D eigenvalue weighted by Gasteiger charge is 2.39. The zero-order valence-electron chi connectivity index (χ0n) is 12.0. The normalized spacial score (nSPS) is 22.4. The minimum absolute atomic E-state index is 0.0195. The number of nitrogens with zero attached hydrogens (tertiary/aromatic N) is 3. The van der Waals surface area contributed by atoms with Crippen molar-refractivity contribution in [3.05, 3.63) is 0 Å². The third kappa shape index (κ3) is 3.62. The highest BCUT2D eigenvalue weighted by atomic mass is 16.4. The highest BCUT2D eigenvalue weighted by molar-refractivity contribution is 5.86. The monoisotopic (exact) mass is 310 g/mol. The SMILES string of the molecule is O=C=NCNC(=O)N1CCC(N2CC(C(=O)O)CC2=O)CC1. The molecule has 0 aliphatic carbocycles. The first kappa shape index (κ1) is 16.0. The first-order chi connectivity index (χ1) is 10.5. The lowest BCUT2D eigenvalue weighted by Gasteiger charge is -2.36. The van der Waals surface area contributed by atoms with E-state index in [9.17, 15) is 19.2 Å². The Hall–Kier alpha value is -2.41. The van der Waals surface area contributed by atoms with Crippen LogP contribution in [-0.2, 0) is 14.4 Å². The first-order valence-corrected chi connectivity index (χ1v) is 7.11. The third-order valence-electron chi connectivity index (χ3n) is 4.07. The van der Waals surface area contributed by atoms with Crippen LogP contribution in [0.3, 0.4) is 0 Å². The Morgan fingerprint density at radius 1 is 1.36 bits per heavy atom. The molecule has 0 saturated carbocycles. The molecule has 0 aromatic carbocycles. The number of carbonyl (C=O) groups excluding carboxylic acids is 3. The van der Waals surface area contributed by atoms with Crippen molar-refractivity contribution in [2.45, 2.75) is 25.3 Å². The predicted octanol–water partition coefficient (Wildman–Crippen LogP) is -0.613. The fourth-order valence-corrected chi connectivity index (χ4v) is 2.88. The number of aliphatic imine (C=N–C) groups is 1. The molecule has 0 spiro atoms. The Bertz CT molecular complexity index is 509. The Morgan fingerprint density at radius 3 is 2.59 bits per heavy atom. The zero-order chi connectivity index (χ0) is 16.1. The van der Waals surface area contributed by atoms with Gasteiger partial charge in [0, 0.05) is 32.1 Å². The van der Waals surface area contributed by atoms with Crippen molar-refractivity contribution in [1.82, 2.24) is 15.1 Å². The third-order valence-corrected chi connectivity index (χ3v) is 4.07. The van der Waals surface area contributed by atoms with Gasteiger partial charge in [0.2, 0.25) is 12.0 Å². The van der Waals surface area contributed by atoms with E-state index in [4.69, 9.17) is 5.11 Å². The largest absolute Gasteiger partial charge is 0.481 e. The second-order valence-electron chi connectivity index (χ2n) is 5.39. The lowest BCUT2D eigenvalue weighted by molar-refractivity contribution is -0.141. The van der Waals surface area contributed by atoms with Crippen LogP contribution in [0.1, 0.15) is 19.3 Å². The van der Waals surface area contributed by atoms with E-state index in [1.165, 1.54) is 6.08 Å². The Kier molecular flexibility index (Phi) is 5.11. The summed E-state index contributed by atoms with van der Waals surface area (Å²) >= 11 is 0. The quantitative estimate of drug-likeness (QED) is 0.530. The number of nitrogens with one attached hydrogen (secondary N) is 1. The van der Waals surface area contributed by atoms with Gasteiger partial charge < -0.3 is 20.2 Å². The first-order valence-electron chi connectivity index (χ1n) is 7.11. The van der Waals surface area contributed by atoms with E-state index in [0.717, 1.165) is 0 Å². The van der Waals surface area contributed by atoms with Crippen molar-refractivity contribution in [3.8, 4) is 0 Å². The Balaban J connectivity index is 1.82. The van der Waals surface area contributed by atoms with Crippen LogP contribution < -0.4 is 5.32 Å². The van der Waals surface area contributed by atoms with Crippen LogP contribution in [0, 0.1) is 5.92 Å². The van der Waals surface area contributed by atoms with Gasteiger partial charge in [-0.2, -0.15) is 4.99 Å². The number of piperidine rings is 1. The van der Waals surface area contributed by atoms with Crippen molar-refractivity contribution in [2.24, 2.45) is 10.9 Å². The van der Waals surface area contributed by atoms with Gasteiger partial charge in [-0.05, 0) is 12.8 Å². The molecular formula is C13H18N4O5. The summed E-state index contributed by atoms with van der Waals surface area (Å²) in [6.45, 7) is 1.10. The molecular weight excluding hydrogens is 292 g/mol. The number of carbonyl (C=O) groups is 3. The van der Waals surface area contributed by atoms with Crippen LogP contribution >= 0.6 is 0 Å². The van der Waals surface area contributed by atoms with Crippen molar-refractivity contribution in [1.29, 1.82) is 0 Å². The maximum atomic E-state index is 11.9. The van der Waals surface area contributed by atoms with Gasteiger partial charge in [0.25, 0.3) is 0 Å². The van der Waals surface area contributed by atoms with E-state index in [-0.39, 0.29) is 37.6 Å². The molecule has 2 aliphatic heterocycles. The van der Waals surface area contributed by atoms with Crippen LogP contribution in [0.4, 0.5) is 4.79 Å². The van der Waals surface area contributed by atoms with Gasteiger partial charge in [-0.15, -0.1) is 0 Å². The molecule has 2 saturated heterocycles. The summed E-state index contributed by atoms with van der Waals surface area (Å²) in [6, 6.07) is -0.331. The molecule has 2 N–H and O–H groups in total. The average molecular weight is 310 g/mol. The van der Waals surface area contributed by atoms with Crippen LogP contribution in [0.2, 0.25) is 0 Å². The second kappa shape index (κ2) is 7.04. The smallest absolute Gasteiger partial charge is 0.318 e. The summed E-state index contributed by atoms with van der Waals surface area (Å²) in [6.07, 6.45) is 2.62. The van der Waals surface area contributed by atoms with Crippen LogP contribution in [0.25, 0.3) is 0 Å². The summed E-state index contributed by atoms with van der Waals surface area (Å²) in [7, 11) is 0. The maximum Gasteiger partial charge on any atom is 0.318 e. The molecule has 2 heterocycles. The zero-order valence-corrected chi connectivity index (χ0v) is 12.0. The number of likely N-dealkylation sites (tertiary alicyclic amines) is 2. The van der Waals surface area contributed by atoms with E-state index in [2.05, 4.69) is 10.3 Å². The lowest BCUT2D eigenvalue weighted by Crippen LogP contribution is -2.50. The second-order valence-corrected chi connectivity index (χ2v) is 5.39. The number of rotatable bonds is 4. The van der Waals surface area contributed by atoms with E-state index in [0.29, 0.717) is 25.9 Å². The number of isocyanates is 1. The van der Waals surface area contributed by atoms with E-state index >= 15 is 0 Å². The molecule has 2 fully saturated rings. The number of hydrogen-bond donors (Lipinski definition) is 2. The van der Waals surface area contributed by atoms with Crippen molar-refractivity contribution in [3.63, 3.8) is 0 Å². The molecule has 9 heteroatoms. The molecule has 1 unspecified atom stereocenters. The van der Waals surface area contributed by atoms with Gasteiger partial charge >= 0.3 is 12.0 Å². The Labute approximate surface area is 127 Å². The standard InChI is InChI=1S/C13H18N4O5/c18-8-14-7-15-13(22)16-3-1-10(2-4-16)17-6-9(12(20)21)5-11(17)19/h9-10H,1-7H2,(H,15,22)(H,20,21). The van der Waals surface area contributed by atoms with E-state index in [1.807, 2.05) is 0 Å². The topological polar surface area (TPSA) is 119 Å². The average Bonchev–Trinajstić information content (AvgIpc) is 2.90. The van der Waals surface area contributed by atoms with Crippen molar-refractivity contribution < 1.29 is 24.3 Å². The maximum absolute atomic E-state index is 11.9. The number of carboxylic acid groups (broad SMARTS) is 1. The molecule has 0 aromatic rings. The summed E-state index contributed by atoms with van der Waals surface area (Å²) in [5.74, 6) is -1.70. The fraction of sp³-hybridized carbons (Fsp3) is 0.692. The number of amides is 3. The number of hydrogen-bond acceptors (Lipinski definition) is 5. The highest BCUT2D eigenvalue weighted by Crippen LogP contribution is 2.25. The molecule has 1 atom stereocenters. The fourth-order valence-electron chi connectivity index (χ4n) is 2.88. The van der Waals surface area contributed by atoms with E-state index in [1.54, 1.807) is 9.80 Å². The molecule has 9 nitrogen and oxygen atoms in total. The van der Waals surface area contributed by atoms with Crippen LogP contribution in [0.5, 0.6) is 0 Å². The molecule has 2 aliphatic rings. The molecule has 0 radical (unpaired) electrons. The minimum atomic E-state index is -0.941. The molecule has 2 rings (SSSR count). The summed E-state index contributed by atoms with van der Waals surface area (Å²) < 4.78 is 0. The predicted molar refractivity (Wildman–Crippen MR) is 73.6 cm³/mol. The van der Waals surface area contributed by atoms with Gasteiger partial charge in [0.15, 0.2) is 0 Å². The Morgan fingerprint density at radius 2 is 2.05 bits per heavy atom. The summed E-state index contributed by atoms with van der Waals surface area (Å²) in [4.78, 5) is 51.0. The van der Waals surface area contributed by atoms with Crippen molar-refractivity contribution in [2.75, 3.05) is 26.3 Å². The molecule has 120 valence electrons. The van der Waals surface area contributed by atoms with Crippen molar-refractivity contribution >= 4 is 24.0 Å². The van der Waals surface area contributed by atoms with Gasteiger partial charge in [0.1, 0.15) is 6.67 Å². The van der Waals surface area contributed by atoms with Crippen LogP contribution in [0.15, 0.2) is 4.99 Å². The molecule has 0 aromatic heterocycles. The molecule has 22 heavy (non-hydrogen) atoms. The number of aliphatic carboxylic acids is 1. The van der Waals surface area contributed by atoms with Gasteiger partial charge in [-0.3, -0.25) is 9.59 Å². The van der Waals surface area contributed by atoms with Gasteiger partial charge in [-0.25, -0.2) is 9.59 Å².